The molecule has 7 heteroatoms. The molecule has 0 spiro atoms. The molecule has 1 saturated heterocycles. The van der Waals surface area contributed by atoms with Gasteiger partial charge in [-0.2, -0.15) is 0 Å². The molecule has 0 radical (unpaired) electrons. The number of aromatic nitrogens is 2. The number of pyridine rings is 2. The summed E-state index contributed by atoms with van der Waals surface area (Å²) in [4.78, 5) is 23.7. The predicted molar refractivity (Wildman–Crippen MR) is 116 cm³/mol. The number of carbonyl (C=O) groups is 1. The van der Waals surface area contributed by atoms with E-state index in [-0.39, 0.29) is 28.7 Å². The monoisotopic (exact) mass is 403 g/mol. The molecule has 1 unspecified atom stereocenters. The van der Waals surface area contributed by atoms with Crippen LogP contribution in [0.1, 0.15) is 33.2 Å². The van der Waals surface area contributed by atoms with Gasteiger partial charge in [-0.1, -0.05) is 36.9 Å². The van der Waals surface area contributed by atoms with Crippen molar-refractivity contribution in [3.63, 3.8) is 0 Å². The molecule has 3 heterocycles. The Hall–Kier alpha value is -3.58. The maximum atomic E-state index is 14.1. The van der Waals surface area contributed by atoms with Crippen LogP contribution in [0.3, 0.4) is 0 Å². The highest BCUT2D eigenvalue weighted by molar-refractivity contribution is 6.12. The lowest BCUT2D eigenvalue weighted by Gasteiger charge is -2.35. The molecule has 1 aliphatic heterocycles. The van der Waals surface area contributed by atoms with E-state index in [9.17, 15) is 9.18 Å². The molecule has 0 aliphatic carbocycles. The van der Waals surface area contributed by atoms with Gasteiger partial charge in [0.25, 0.3) is 0 Å². The molecule has 1 aliphatic rings. The number of benzene rings is 1. The van der Waals surface area contributed by atoms with Crippen molar-refractivity contribution >= 4 is 23.2 Å². The SMILES string of the molecule is C=C(F)c1ccc(N2CCNC(c3ccccc3)C2)nc1C(=O)c1cccnc1N. The summed E-state index contributed by atoms with van der Waals surface area (Å²) in [5, 5.41) is 3.50. The van der Waals surface area contributed by atoms with Crippen molar-refractivity contribution in [1.29, 1.82) is 0 Å². The van der Waals surface area contributed by atoms with Gasteiger partial charge in [0, 0.05) is 37.4 Å². The number of nitrogen functional groups attached to an aromatic ring is 1. The van der Waals surface area contributed by atoms with Crippen molar-refractivity contribution in [2.24, 2.45) is 0 Å². The topological polar surface area (TPSA) is 84.1 Å². The van der Waals surface area contributed by atoms with E-state index in [4.69, 9.17) is 5.73 Å². The van der Waals surface area contributed by atoms with Gasteiger partial charge >= 0.3 is 0 Å². The summed E-state index contributed by atoms with van der Waals surface area (Å²) in [6, 6.07) is 16.7. The largest absolute Gasteiger partial charge is 0.383 e. The zero-order valence-electron chi connectivity index (χ0n) is 16.4. The molecule has 0 saturated carbocycles. The minimum Gasteiger partial charge on any atom is -0.383 e. The number of piperazine rings is 1. The van der Waals surface area contributed by atoms with E-state index in [1.807, 2.05) is 18.2 Å². The highest BCUT2D eigenvalue weighted by Gasteiger charge is 2.25. The lowest BCUT2D eigenvalue weighted by Crippen LogP contribution is -2.46. The second kappa shape index (κ2) is 8.42. The molecule has 1 aromatic carbocycles. The Bertz CT molecular complexity index is 1090. The molecule has 152 valence electrons. The van der Waals surface area contributed by atoms with Crippen LogP contribution in [0.4, 0.5) is 16.0 Å². The smallest absolute Gasteiger partial charge is 0.215 e. The molecule has 0 amide bonds. The summed E-state index contributed by atoms with van der Waals surface area (Å²) in [5.41, 5.74) is 7.26. The molecular formula is C23H22FN5O. The highest BCUT2D eigenvalue weighted by Crippen LogP contribution is 2.27. The van der Waals surface area contributed by atoms with E-state index in [2.05, 4.69) is 38.9 Å². The van der Waals surface area contributed by atoms with E-state index in [0.717, 1.165) is 13.1 Å². The van der Waals surface area contributed by atoms with Gasteiger partial charge in [-0.05, 0) is 29.8 Å². The minimum absolute atomic E-state index is 0.0190. The third kappa shape index (κ3) is 3.92. The number of ketones is 1. The van der Waals surface area contributed by atoms with Crippen LogP contribution < -0.4 is 16.0 Å². The molecule has 1 fully saturated rings. The molecule has 6 nitrogen and oxygen atoms in total. The van der Waals surface area contributed by atoms with Gasteiger partial charge in [-0.15, -0.1) is 0 Å². The Balaban J connectivity index is 1.68. The van der Waals surface area contributed by atoms with Crippen LogP contribution in [0.2, 0.25) is 0 Å². The van der Waals surface area contributed by atoms with E-state index in [1.165, 1.54) is 11.8 Å². The second-order valence-corrected chi connectivity index (χ2v) is 7.10. The fraction of sp³-hybridized carbons (Fsp3) is 0.174. The number of nitrogens with one attached hydrogen (secondary N) is 1. The predicted octanol–water partition coefficient (Wildman–Crippen LogP) is 3.38. The van der Waals surface area contributed by atoms with Gasteiger partial charge in [-0.3, -0.25) is 4.79 Å². The molecule has 30 heavy (non-hydrogen) atoms. The average molecular weight is 403 g/mol. The Morgan fingerprint density at radius 1 is 1.13 bits per heavy atom. The number of hydrogen-bond donors (Lipinski definition) is 2. The van der Waals surface area contributed by atoms with Crippen LogP contribution in [0, 0.1) is 0 Å². The second-order valence-electron chi connectivity index (χ2n) is 7.10. The number of hydrogen-bond acceptors (Lipinski definition) is 6. The maximum absolute atomic E-state index is 14.1. The van der Waals surface area contributed by atoms with Crippen LogP contribution in [-0.2, 0) is 0 Å². The molecule has 3 N–H and O–H groups in total. The van der Waals surface area contributed by atoms with Crippen molar-refractivity contribution < 1.29 is 9.18 Å². The normalized spacial score (nSPS) is 16.3. The fourth-order valence-corrected chi connectivity index (χ4v) is 3.62. The van der Waals surface area contributed by atoms with Gasteiger partial charge in [0.2, 0.25) is 5.78 Å². The zero-order chi connectivity index (χ0) is 21.1. The number of nitrogens with zero attached hydrogens (tertiary/aromatic N) is 3. The van der Waals surface area contributed by atoms with Crippen molar-refractivity contribution in [2.75, 3.05) is 30.3 Å². The summed E-state index contributed by atoms with van der Waals surface area (Å²) < 4.78 is 14.1. The van der Waals surface area contributed by atoms with Crippen molar-refractivity contribution in [3.8, 4) is 0 Å². The van der Waals surface area contributed by atoms with Crippen LogP contribution in [-0.4, -0.2) is 35.4 Å². The lowest BCUT2D eigenvalue weighted by molar-refractivity contribution is 0.103. The number of halogens is 1. The Morgan fingerprint density at radius 3 is 2.67 bits per heavy atom. The molecule has 0 bridgehead atoms. The summed E-state index contributed by atoms with van der Waals surface area (Å²) >= 11 is 0. The lowest BCUT2D eigenvalue weighted by atomic mass is 10.0. The van der Waals surface area contributed by atoms with Crippen LogP contribution in [0.5, 0.6) is 0 Å². The first-order chi connectivity index (χ1) is 14.5. The summed E-state index contributed by atoms with van der Waals surface area (Å²) in [5.74, 6) is -0.516. The minimum atomic E-state index is -0.720. The van der Waals surface area contributed by atoms with E-state index >= 15 is 0 Å². The van der Waals surface area contributed by atoms with Gasteiger partial charge < -0.3 is 16.0 Å². The molecule has 2 aromatic heterocycles. The van der Waals surface area contributed by atoms with Crippen LogP contribution in [0.15, 0.2) is 67.4 Å². The summed E-state index contributed by atoms with van der Waals surface area (Å²) in [6.45, 7) is 5.50. The number of anilines is 2. The van der Waals surface area contributed by atoms with Gasteiger partial charge in [0.05, 0.1) is 5.56 Å². The van der Waals surface area contributed by atoms with E-state index in [0.29, 0.717) is 12.4 Å². The van der Waals surface area contributed by atoms with Crippen LogP contribution >= 0.6 is 0 Å². The first kappa shape index (κ1) is 19.7. The quantitative estimate of drug-likeness (QED) is 0.636. The highest BCUT2D eigenvalue weighted by atomic mass is 19.1. The van der Waals surface area contributed by atoms with E-state index in [1.54, 1.807) is 24.3 Å². The number of nitrogens with two attached hydrogens (primary N) is 1. The first-order valence-electron chi connectivity index (χ1n) is 9.69. The third-order valence-corrected chi connectivity index (χ3v) is 5.17. The van der Waals surface area contributed by atoms with Gasteiger partial charge in [0.1, 0.15) is 23.2 Å². The van der Waals surface area contributed by atoms with Crippen molar-refractivity contribution in [1.82, 2.24) is 15.3 Å². The Morgan fingerprint density at radius 2 is 1.93 bits per heavy atom. The van der Waals surface area contributed by atoms with Gasteiger partial charge in [0.15, 0.2) is 0 Å². The molecule has 1 atom stereocenters. The zero-order valence-corrected chi connectivity index (χ0v) is 16.4. The summed E-state index contributed by atoms with van der Waals surface area (Å²) in [6.07, 6.45) is 1.50. The van der Waals surface area contributed by atoms with E-state index < -0.39 is 11.6 Å². The number of rotatable bonds is 5. The molecular weight excluding hydrogens is 381 g/mol. The molecule has 4 rings (SSSR count). The Kier molecular flexibility index (Phi) is 5.54. The standard InChI is InChI=1S/C23H22FN5O/c1-15(24)17-9-10-20(28-21(17)22(30)18-8-5-11-27-23(18)25)29-13-12-26-19(14-29)16-6-3-2-4-7-16/h2-11,19,26H,1,12-14H2,(H2,25,27). The van der Waals surface area contributed by atoms with Gasteiger partial charge in [-0.25, -0.2) is 14.4 Å². The average Bonchev–Trinajstić information content (AvgIpc) is 2.79. The summed E-state index contributed by atoms with van der Waals surface area (Å²) in [7, 11) is 0. The fourth-order valence-electron chi connectivity index (χ4n) is 3.62. The van der Waals surface area contributed by atoms with Crippen LogP contribution in [0.25, 0.3) is 5.83 Å². The van der Waals surface area contributed by atoms with Crippen molar-refractivity contribution in [2.45, 2.75) is 6.04 Å². The van der Waals surface area contributed by atoms with Crippen molar-refractivity contribution in [3.05, 3.63) is 89.8 Å². The first-order valence-corrected chi connectivity index (χ1v) is 9.69. The maximum Gasteiger partial charge on any atom is 0.215 e. The number of carbonyl (C=O) groups excluding carboxylic acids is 1. The Labute approximate surface area is 174 Å². The molecule has 3 aromatic rings. The third-order valence-electron chi connectivity index (χ3n) is 5.17.